The van der Waals surface area contributed by atoms with Gasteiger partial charge in [-0.25, -0.2) is 4.79 Å². The predicted octanol–water partition coefficient (Wildman–Crippen LogP) is 2.64. The number of nitrogens with two attached hydrogens (primary N) is 1. The zero-order valence-corrected chi connectivity index (χ0v) is 15.5. The fourth-order valence-corrected chi connectivity index (χ4v) is 4.31. The molecule has 0 radical (unpaired) electrons. The minimum Gasteiger partial charge on any atom is -0.482 e. The van der Waals surface area contributed by atoms with Crippen LogP contribution in [0.3, 0.4) is 0 Å². The molecule has 1 aromatic carbocycles. The van der Waals surface area contributed by atoms with Crippen molar-refractivity contribution < 1.29 is 19.1 Å². The topological polar surface area (TPSA) is 90.6 Å². The lowest BCUT2D eigenvalue weighted by atomic mass is 9.65. The van der Waals surface area contributed by atoms with Crippen LogP contribution in [-0.4, -0.2) is 31.6 Å². The second-order valence-corrected chi connectivity index (χ2v) is 7.53. The van der Waals surface area contributed by atoms with Gasteiger partial charge in [-0.2, -0.15) is 0 Å². The van der Waals surface area contributed by atoms with Gasteiger partial charge in [-0.1, -0.05) is 6.42 Å². The monoisotopic (exact) mass is 360 g/mol. The van der Waals surface area contributed by atoms with E-state index < -0.39 is 5.97 Å². The second kappa shape index (κ2) is 8.08. The van der Waals surface area contributed by atoms with Gasteiger partial charge in [0, 0.05) is 17.6 Å². The minimum absolute atomic E-state index is 0.0414. The van der Waals surface area contributed by atoms with Crippen LogP contribution >= 0.6 is 0 Å². The van der Waals surface area contributed by atoms with Crippen molar-refractivity contribution in [2.45, 2.75) is 45.1 Å². The van der Waals surface area contributed by atoms with E-state index in [4.69, 9.17) is 10.5 Å². The van der Waals surface area contributed by atoms with E-state index in [1.165, 1.54) is 13.5 Å². The predicted molar refractivity (Wildman–Crippen MR) is 98.9 cm³/mol. The van der Waals surface area contributed by atoms with E-state index in [9.17, 15) is 9.59 Å². The summed E-state index contributed by atoms with van der Waals surface area (Å²) in [6.45, 7) is 1.78. The van der Waals surface area contributed by atoms with Gasteiger partial charge in [0.1, 0.15) is 5.75 Å². The Labute approximate surface area is 154 Å². The number of hydrogen-bond donors (Lipinski definition) is 2. The third-order valence-electron chi connectivity index (χ3n) is 5.82. The molecule has 0 aliphatic heterocycles. The van der Waals surface area contributed by atoms with Crippen LogP contribution in [0.15, 0.2) is 18.2 Å². The molecule has 1 amide bonds. The molecule has 6 nitrogen and oxygen atoms in total. The summed E-state index contributed by atoms with van der Waals surface area (Å²) in [5.74, 6) is 1.23. The Bertz CT molecular complexity index is 662. The lowest BCUT2D eigenvalue weighted by molar-refractivity contribution is -0.142. The molecule has 0 aromatic heterocycles. The standard InChI is InChI=1S/C20H28N2O4/c1-12-8-16(26-11-18(23)25-2)6-7-17(12)22-20(24)15-9-13-4-3-5-14(10-15)19(13)21/h6-8,13-15,19H,3-5,9-11,21H2,1-2H3,(H,22,24). The quantitative estimate of drug-likeness (QED) is 0.788. The number of nitrogens with one attached hydrogen (secondary N) is 1. The van der Waals surface area contributed by atoms with Crippen LogP contribution in [0.25, 0.3) is 0 Å². The van der Waals surface area contributed by atoms with Crippen molar-refractivity contribution in [1.82, 2.24) is 0 Å². The molecule has 0 spiro atoms. The zero-order chi connectivity index (χ0) is 18.7. The number of ether oxygens (including phenoxy) is 2. The highest BCUT2D eigenvalue weighted by atomic mass is 16.6. The van der Waals surface area contributed by atoms with Crippen molar-refractivity contribution in [2.24, 2.45) is 23.5 Å². The number of aryl methyl sites for hydroxylation is 1. The normalized spacial score (nSPS) is 27.5. The number of benzene rings is 1. The maximum Gasteiger partial charge on any atom is 0.343 e. The van der Waals surface area contributed by atoms with Crippen LogP contribution in [0.4, 0.5) is 5.69 Å². The Morgan fingerprint density at radius 3 is 2.54 bits per heavy atom. The number of amides is 1. The maximum atomic E-state index is 12.8. The summed E-state index contributed by atoms with van der Waals surface area (Å²) < 4.78 is 9.93. The summed E-state index contributed by atoms with van der Waals surface area (Å²) in [4.78, 5) is 23.9. The average molecular weight is 360 g/mol. The molecule has 26 heavy (non-hydrogen) atoms. The molecule has 3 N–H and O–H groups in total. The fourth-order valence-electron chi connectivity index (χ4n) is 4.31. The van der Waals surface area contributed by atoms with Crippen molar-refractivity contribution in [2.75, 3.05) is 19.0 Å². The van der Waals surface area contributed by atoms with Crippen LogP contribution in [-0.2, 0) is 14.3 Å². The van der Waals surface area contributed by atoms with Crippen LogP contribution in [0, 0.1) is 24.7 Å². The van der Waals surface area contributed by atoms with E-state index in [1.807, 2.05) is 19.1 Å². The van der Waals surface area contributed by atoms with Gasteiger partial charge in [-0.05, 0) is 68.2 Å². The molecule has 2 saturated carbocycles. The molecule has 2 aliphatic carbocycles. The van der Waals surface area contributed by atoms with Crippen molar-refractivity contribution in [3.8, 4) is 5.75 Å². The van der Waals surface area contributed by atoms with Crippen LogP contribution in [0.5, 0.6) is 5.75 Å². The van der Waals surface area contributed by atoms with Gasteiger partial charge in [-0.15, -0.1) is 0 Å². The first-order valence-electron chi connectivity index (χ1n) is 9.34. The smallest absolute Gasteiger partial charge is 0.343 e. The molecular weight excluding hydrogens is 332 g/mol. The summed E-state index contributed by atoms with van der Waals surface area (Å²) >= 11 is 0. The Hall–Kier alpha value is -2.08. The van der Waals surface area contributed by atoms with Gasteiger partial charge in [0.05, 0.1) is 7.11 Å². The number of methoxy groups -OCH3 is 1. The molecule has 2 bridgehead atoms. The molecular formula is C20H28N2O4. The summed E-state index contributed by atoms with van der Waals surface area (Å²) in [5, 5.41) is 3.06. The fraction of sp³-hybridized carbons (Fsp3) is 0.600. The van der Waals surface area contributed by atoms with Crippen molar-refractivity contribution >= 4 is 17.6 Å². The molecule has 0 saturated heterocycles. The minimum atomic E-state index is -0.430. The van der Waals surface area contributed by atoms with Gasteiger partial charge >= 0.3 is 5.97 Å². The first-order valence-corrected chi connectivity index (χ1v) is 9.34. The molecule has 0 heterocycles. The first kappa shape index (κ1) is 18.7. The number of anilines is 1. The lowest BCUT2D eigenvalue weighted by Gasteiger charge is -2.43. The number of fused-ring (bicyclic) bond motifs is 2. The van der Waals surface area contributed by atoms with Gasteiger partial charge < -0.3 is 20.5 Å². The molecule has 2 unspecified atom stereocenters. The van der Waals surface area contributed by atoms with Crippen LogP contribution < -0.4 is 15.8 Å². The summed E-state index contributed by atoms with van der Waals surface area (Å²) in [5.41, 5.74) is 8.00. The number of carbonyl (C=O) groups is 2. The Morgan fingerprint density at radius 2 is 1.92 bits per heavy atom. The van der Waals surface area contributed by atoms with Crippen molar-refractivity contribution in [3.63, 3.8) is 0 Å². The molecule has 2 aliphatic rings. The van der Waals surface area contributed by atoms with E-state index in [0.29, 0.717) is 17.6 Å². The SMILES string of the molecule is COC(=O)COc1ccc(NC(=O)C2CC3CCCC(C2)C3N)c(C)c1. The molecule has 2 atom stereocenters. The van der Waals surface area contributed by atoms with E-state index in [2.05, 4.69) is 10.1 Å². The van der Waals surface area contributed by atoms with Gasteiger partial charge in [0.15, 0.2) is 6.61 Å². The highest BCUT2D eigenvalue weighted by molar-refractivity contribution is 5.93. The average Bonchev–Trinajstić information content (AvgIpc) is 2.61. The highest BCUT2D eigenvalue weighted by Crippen LogP contribution is 2.42. The Balaban J connectivity index is 1.60. The molecule has 3 rings (SSSR count). The first-order chi connectivity index (χ1) is 12.5. The second-order valence-electron chi connectivity index (χ2n) is 7.53. The van der Waals surface area contributed by atoms with E-state index >= 15 is 0 Å². The highest BCUT2D eigenvalue weighted by Gasteiger charge is 2.40. The molecule has 6 heteroatoms. The van der Waals surface area contributed by atoms with Gasteiger partial charge in [0.25, 0.3) is 0 Å². The summed E-state index contributed by atoms with van der Waals surface area (Å²) in [6.07, 6.45) is 5.31. The third-order valence-corrected chi connectivity index (χ3v) is 5.82. The number of hydrogen-bond acceptors (Lipinski definition) is 5. The zero-order valence-electron chi connectivity index (χ0n) is 15.5. The summed E-state index contributed by atoms with van der Waals surface area (Å²) in [7, 11) is 1.32. The van der Waals surface area contributed by atoms with E-state index in [0.717, 1.165) is 36.9 Å². The molecule has 1 aromatic rings. The number of esters is 1. The Morgan fingerprint density at radius 1 is 1.23 bits per heavy atom. The maximum absolute atomic E-state index is 12.8. The van der Waals surface area contributed by atoms with Crippen LogP contribution in [0.2, 0.25) is 0 Å². The molecule has 142 valence electrons. The number of carbonyl (C=O) groups excluding carboxylic acids is 2. The lowest BCUT2D eigenvalue weighted by Crippen LogP contribution is -2.48. The largest absolute Gasteiger partial charge is 0.482 e. The number of rotatable bonds is 5. The van der Waals surface area contributed by atoms with Gasteiger partial charge in [0.2, 0.25) is 5.91 Å². The van der Waals surface area contributed by atoms with Crippen molar-refractivity contribution in [1.29, 1.82) is 0 Å². The third kappa shape index (κ3) is 4.18. The van der Waals surface area contributed by atoms with E-state index in [-0.39, 0.29) is 24.5 Å². The van der Waals surface area contributed by atoms with E-state index in [1.54, 1.807) is 6.07 Å². The molecule has 2 fully saturated rings. The van der Waals surface area contributed by atoms with Crippen molar-refractivity contribution in [3.05, 3.63) is 23.8 Å². The summed E-state index contributed by atoms with van der Waals surface area (Å²) in [6, 6.07) is 5.64. The Kier molecular flexibility index (Phi) is 5.81. The van der Waals surface area contributed by atoms with Crippen LogP contribution in [0.1, 0.15) is 37.7 Å². The van der Waals surface area contributed by atoms with Gasteiger partial charge in [-0.3, -0.25) is 4.79 Å².